The van der Waals surface area contributed by atoms with Gasteiger partial charge in [0.2, 0.25) is 5.78 Å². The zero-order valence-corrected chi connectivity index (χ0v) is 10.3. The van der Waals surface area contributed by atoms with Crippen molar-refractivity contribution in [3.05, 3.63) is 0 Å². The Morgan fingerprint density at radius 3 is 2.13 bits per heavy atom. The van der Waals surface area contributed by atoms with Crippen molar-refractivity contribution in [1.82, 2.24) is 10.6 Å². The zero-order chi connectivity index (χ0) is 12.1. The summed E-state index contributed by atoms with van der Waals surface area (Å²) in [5, 5.41) is 5.52. The van der Waals surface area contributed by atoms with E-state index < -0.39 is 5.91 Å². The minimum atomic E-state index is -0.504. The Morgan fingerprint density at radius 2 is 1.80 bits per heavy atom. The molecular formula is C11H22N2O2. The van der Waals surface area contributed by atoms with Crippen molar-refractivity contribution in [1.29, 1.82) is 0 Å². The second-order valence-corrected chi connectivity index (χ2v) is 4.70. The molecule has 0 bridgehead atoms. The van der Waals surface area contributed by atoms with E-state index in [4.69, 9.17) is 0 Å². The maximum absolute atomic E-state index is 11.7. The van der Waals surface area contributed by atoms with Crippen molar-refractivity contribution >= 4 is 11.7 Å². The van der Waals surface area contributed by atoms with E-state index in [1.807, 2.05) is 27.7 Å². The number of carbonyl (C=O) groups excluding carboxylic acids is 2. The highest BCUT2D eigenvalue weighted by Crippen LogP contribution is 2.02. The summed E-state index contributed by atoms with van der Waals surface area (Å²) in [6, 6.07) is -0.364. The molecule has 0 aliphatic rings. The topological polar surface area (TPSA) is 58.2 Å². The molecule has 0 saturated heterocycles. The second kappa shape index (κ2) is 5.85. The van der Waals surface area contributed by atoms with Crippen LogP contribution < -0.4 is 10.6 Å². The molecular weight excluding hydrogens is 192 g/mol. The number of amides is 1. The maximum Gasteiger partial charge on any atom is 0.289 e. The predicted octanol–water partition coefficient (Wildman–Crippen LogP) is 0.858. The van der Waals surface area contributed by atoms with Crippen LogP contribution in [0.15, 0.2) is 0 Å². The van der Waals surface area contributed by atoms with Crippen LogP contribution in [-0.2, 0) is 9.59 Å². The average molecular weight is 214 g/mol. The number of hydrogen-bond acceptors (Lipinski definition) is 3. The first-order chi connectivity index (χ1) is 6.81. The second-order valence-electron chi connectivity index (χ2n) is 4.70. The van der Waals surface area contributed by atoms with Gasteiger partial charge >= 0.3 is 0 Å². The van der Waals surface area contributed by atoms with Crippen LogP contribution in [0.25, 0.3) is 0 Å². The summed E-state index contributed by atoms with van der Waals surface area (Å²) in [6.45, 7) is 7.55. The van der Waals surface area contributed by atoms with Gasteiger partial charge in [-0.2, -0.15) is 0 Å². The van der Waals surface area contributed by atoms with Gasteiger partial charge in [0, 0.05) is 5.54 Å². The number of ketones is 1. The van der Waals surface area contributed by atoms with Gasteiger partial charge in [-0.3, -0.25) is 9.59 Å². The highest BCUT2D eigenvalue weighted by molar-refractivity contribution is 6.38. The van der Waals surface area contributed by atoms with E-state index in [0.29, 0.717) is 6.42 Å². The zero-order valence-electron chi connectivity index (χ0n) is 10.3. The highest BCUT2D eigenvalue weighted by atomic mass is 16.2. The lowest BCUT2D eigenvalue weighted by Gasteiger charge is -2.21. The normalized spacial score (nSPS) is 13.4. The number of Topliss-reactive ketones (excluding diaryl/α,β-unsaturated/α-hetero) is 1. The minimum absolute atomic E-state index is 0.364. The molecule has 1 amide bonds. The van der Waals surface area contributed by atoms with Crippen LogP contribution >= 0.6 is 0 Å². The molecule has 0 heterocycles. The predicted molar refractivity (Wildman–Crippen MR) is 60.7 cm³/mol. The SMILES string of the molecule is CCCC(NC)C(=O)C(=O)NC(C)(C)C. The van der Waals surface area contributed by atoms with Gasteiger partial charge in [-0.15, -0.1) is 0 Å². The molecule has 0 aromatic heterocycles. The number of carbonyl (C=O) groups is 2. The van der Waals surface area contributed by atoms with Gasteiger partial charge in [-0.25, -0.2) is 0 Å². The minimum Gasteiger partial charge on any atom is -0.345 e. The van der Waals surface area contributed by atoms with E-state index in [0.717, 1.165) is 6.42 Å². The molecule has 88 valence electrons. The summed E-state index contributed by atoms with van der Waals surface area (Å²) in [4.78, 5) is 23.2. The van der Waals surface area contributed by atoms with Gasteiger partial charge < -0.3 is 10.6 Å². The smallest absolute Gasteiger partial charge is 0.289 e. The molecule has 1 atom stereocenters. The molecule has 0 fully saturated rings. The Balaban J connectivity index is 4.36. The molecule has 0 aromatic carbocycles. The Bertz CT molecular complexity index is 231. The van der Waals surface area contributed by atoms with Crippen LogP contribution in [0.4, 0.5) is 0 Å². The molecule has 15 heavy (non-hydrogen) atoms. The van der Waals surface area contributed by atoms with Gasteiger partial charge in [-0.1, -0.05) is 13.3 Å². The first kappa shape index (κ1) is 14.1. The van der Waals surface area contributed by atoms with Crippen molar-refractivity contribution in [2.45, 2.75) is 52.1 Å². The number of hydrogen-bond donors (Lipinski definition) is 2. The lowest BCUT2D eigenvalue weighted by Crippen LogP contribution is -2.49. The molecule has 2 N–H and O–H groups in total. The summed E-state index contributed by atoms with van der Waals surface area (Å²) >= 11 is 0. The van der Waals surface area contributed by atoms with E-state index in [2.05, 4.69) is 10.6 Å². The summed E-state index contributed by atoms with van der Waals surface area (Å²) < 4.78 is 0. The Kier molecular flexibility index (Phi) is 5.50. The standard InChI is InChI=1S/C11H22N2O2/c1-6-7-8(12-5)9(14)10(15)13-11(2,3)4/h8,12H,6-7H2,1-5H3,(H,13,15). The van der Waals surface area contributed by atoms with Crippen LogP contribution in [0.5, 0.6) is 0 Å². The third-order valence-electron chi connectivity index (χ3n) is 1.95. The Labute approximate surface area is 91.8 Å². The molecule has 1 unspecified atom stereocenters. The van der Waals surface area contributed by atoms with E-state index >= 15 is 0 Å². The molecule has 0 aliphatic heterocycles. The van der Waals surface area contributed by atoms with Crippen molar-refractivity contribution in [2.75, 3.05) is 7.05 Å². The van der Waals surface area contributed by atoms with Crippen molar-refractivity contribution < 1.29 is 9.59 Å². The third-order valence-corrected chi connectivity index (χ3v) is 1.95. The van der Waals surface area contributed by atoms with Crippen molar-refractivity contribution in [3.63, 3.8) is 0 Å². The fourth-order valence-corrected chi connectivity index (χ4v) is 1.26. The lowest BCUT2D eigenvalue weighted by molar-refractivity contribution is -0.140. The summed E-state index contributed by atoms with van der Waals surface area (Å²) in [5.41, 5.74) is -0.364. The molecule has 0 rings (SSSR count). The number of likely N-dealkylation sites (N-methyl/N-ethyl adjacent to an activating group) is 1. The average Bonchev–Trinajstić information content (AvgIpc) is 2.10. The maximum atomic E-state index is 11.7. The van der Waals surface area contributed by atoms with Crippen molar-refractivity contribution in [2.24, 2.45) is 0 Å². The van der Waals surface area contributed by atoms with Crippen LogP contribution in [0.1, 0.15) is 40.5 Å². The fourth-order valence-electron chi connectivity index (χ4n) is 1.26. The Morgan fingerprint density at radius 1 is 1.27 bits per heavy atom. The number of rotatable bonds is 5. The summed E-state index contributed by atoms with van der Waals surface area (Å²) in [7, 11) is 1.70. The molecule has 0 aliphatic carbocycles. The largest absolute Gasteiger partial charge is 0.345 e. The van der Waals surface area contributed by atoms with E-state index in [1.54, 1.807) is 7.05 Å². The molecule has 4 heteroatoms. The molecule has 0 radical (unpaired) electrons. The van der Waals surface area contributed by atoms with E-state index in [1.165, 1.54) is 0 Å². The highest BCUT2D eigenvalue weighted by Gasteiger charge is 2.25. The van der Waals surface area contributed by atoms with Gasteiger partial charge in [-0.05, 0) is 34.2 Å². The lowest BCUT2D eigenvalue weighted by atomic mass is 10.0. The monoisotopic (exact) mass is 214 g/mol. The van der Waals surface area contributed by atoms with E-state index in [9.17, 15) is 9.59 Å². The van der Waals surface area contributed by atoms with Gasteiger partial charge in [0.25, 0.3) is 5.91 Å². The first-order valence-electron chi connectivity index (χ1n) is 5.35. The quantitative estimate of drug-likeness (QED) is 0.667. The van der Waals surface area contributed by atoms with Gasteiger partial charge in [0.15, 0.2) is 0 Å². The number of nitrogens with one attached hydrogen (secondary N) is 2. The van der Waals surface area contributed by atoms with Crippen LogP contribution in [0.3, 0.4) is 0 Å². The molecule has 0 spiro atoms. The van der Waals surface area contributed by atoms with Crippen LogP contribution in [0, 0.1) is 0 Å². The van der Waals surface area contributed by atoms with Crippen LogP contribution in [-0.4, -0.2) is 30.3 Å². The summed E-state index contributed by atoms with van der Waals surface area (Å²) in [5.74, 6) is -0.885. The molecule has 0 saturated carbocycles. The van der Waals surface area contributed by atoms with Gasteiger partial charge in [0.1, 0.15) is 0 Å². The van der Waals surface area contributed by atoms with E-state index in [-0.39, 0.29) is 17.4 Å². The molecule has 4 nitrogen and oxygen atoms in total. The Hall–Kier alpha value is -0.900. The molecule has 0 aromatic rings. The van der Waals surface area contributed by atoms with Crippen molar-refractivity contribution in [3.8, 4) is 0 Å². The van der Waals surface area contributed by atoms with Crippen LogP contribution in [0.2, 0.25) is 0 Å². The fraction of sp³-hybridized carbons (Fsp3) is 0.818. The third kappa shape index (κ3) is 5.52. The van der Waals surface area contributed by atoms with Gasteiger partial charge in [0.05, 0.1) is 6.04 Å². The first-order valence-corrected chi connectivity index (χ1v) is 5.35. The summed E-state index contributed by atoms with van der Waals surface area (Å²) in [6.07, 6.45) is 1.56.